The van der Waals surface area contributed by atoms with Gasteiger partial charge in [0.05, 0.1) is 12.5 Å². The fourth-order valence-corrected chi connectivity index (χ4v) is 2.32. The van der Waals surface area contributed by atoms with E-state index < -0.39 is 6.04 Å². The van der Waals surface area contributed by atoms with E-state index in [0.717, 1.165) is 11.1 Å². The van der Waals surface area contributed by atoms with Crippen LogP contribution in [0.5, 0.6) is 0 Å². The molecule has 0 aliphatic carbocycles. The molecule has 2 aromatic carbocycles. The van der Waals surface area contributed by atoms with E-state index in [4.69, 9.17) is 0 Å². The van der Waals surface area contributed by atoms with E-state index in [0.29, 0.717) is 6.54 Å². The molecule has 1 amide bonds. The average Bonchev–Trinajstić information content (AvgIpc) is 2.56. The zero-order valence-corrected chi connectivity index (χ0v) is 12.4. The van der Waals surface area contributed by atoms with Crippen molar-refractivity contribution in [3.05, 3.63) is 84.4 Å². The molecule has 1 atom stereocenters. The highest BCUT2D eigenvalue weighted by molar-refractivity contribution is 5.79. The first-order valence-corrected chi connectivity index (χ1v) is 7.15. The summed E-state index contributed by atoms with van der Waals surface area (Å²) in [4.78, 5) is 14.2. The number of carbonyl (C=O) groups is 1. The molecule has 0 saturated heterocycles. The third-order valence-electron chi connectivity index (χ3n) is 3.39. The van der Waals surface area contributed by atoms with E-state index in [1.54, 1.807) is 11.0 Å². The summed E-state index contributed by atoms with van der Waals surface area (Å²) < 4.78 is 0. The molecule has 2 aromatic rings. The summed E-state index contributed by atoms with van der Waals surface area (Å²) in [5.74, 6) is -0.0819. The van der Waals surface area contributed by atoms with Gasteiger partial charge in [0, 0.05) is 6.54 Å². The second-order valence-corrected chi connectivity index (χ2v) is 4.94. The van der Waals surface area contributed by atoms with Gasteiger partial charge in [-0.1, -0.05) is 66.7 Å². The van der Waals surface area contributed by atoms with Gasteiger partial charge in [0.25, 0.3) is 0 Å². The molecule has 22 heavy (non-hydrogen) atoms. The Morgan fingerprint density at radius 1 is 1.14 bits per heavy atom. The lowest BCUT2D eigenvalue weighted by Crippen LogP contribution is -2.35. The monoisotopic (exact) mass is 290 g/mol. The summed E-state index contributed by atoms with van der Waals surface area (Å²) >= 11 is 0. The summed E-state index contributed by atoms with van der Waals surface area (Å²) in [7, 11) is 0. The van der Waals surface area contributed by atoms with Crippen molar-refractivity contribution in [2.75, 3.05) is 6.54 Å². The number of nitrogens with zero attached hydrogens (tertiary/aromatic N) is 2. The molecule has 0 spiro atoms. The van der Waals surface area contributed by atoms with Crippen molar-refractivity contribution in [1.29, 1.82) is 5.26 Å². The molecule has 110 valence electrons. The Labute approximate surface area is 131 Å². The molecule has 3 nitrogen and oxygen atoms in total. The molecule has 1 unspecified atom stereocenters. The first-order chi connectivity index (χ1) is 10.8. The van der Waals surface area contributed by atoms with Crippen molar-refractivity contribution in [3.63, 3.8) is 0 Å². The van der Waals surface area contributed by atoms with E-state index >= 15 is 0 Å². The third kappa shape index (κ3) is 3.83. The van der Waals surface area contributed by atoms with Crippen LogP contribution in [0.15, 0.2) is 73.3 Å². The number of nitriles is 1. The lowest BCUT2D eigenvalue weighted by Gasteiger charge is -2.26. The van der Waals surface area contributed by atoms with Gasteiger partial charge in [-0.15, -0.1) is 6.58 Å². The minimum absolute atomic E-state index is 0.0819. The van der Waals surface area contributed by atoms with Crippen LogP contribution in [0.3, 0.4) is 0 Å². The fourth-order valence-electron chi connectivity index (χ4n) is 2.32. The second kappa shape index (κ2) is 7.80. The predicted molar refractivity (Wildman–Crippen MR) is 86.9 cm³/mol. The largest absolute Gasteiger partial charge is 0.319 e. The topological polar surface area (TPSA) is 44.1 Å². The number of benzene rings is 2. The van der Waals surface area contributed by atoms with Crippen LogP contribution in [-0.2, 0) is 11.2 Å². The molecule has 0 N–H and O–H groups in total. The van der Waals surface area contributed by atoms with Gasteiger partial charge in [-0.25, -0.2) is 0 Å². The fraction of sp³-hybridized carbons (Fsp3) is 0.158. The quantitative estimate of drug-likeness (QED) is 0.764. The second-order valence-electron chi connectivity index (χ2n) is 4.94. The highest BCUT2D eigenvalue weighted by atomic mass is 16.2. The minimum Gasteiger partial charge on any atom is -0.319 e. The van der Waals surface area contributed by atoms with Crippen LogP contribution in [0.4, 0.5) is 0 Å². The van der Waals surface area contributed by atoms with Crippen LogP contribution in [-0.4, -0.2) is 17.4 Å². The Morgan fingerprint density at radius 2 is 1.73 bits per heavy atom. The van der Waals surface area contributed by atoms with Crippen molar-refractivity contribution in [3.8, 4) is 6.07 Å². The Bertz CT molecular complexity index is 659. The van der Waals surface area contributed by atoms with Gasteiger partial charge < -0.3 is 4.90 Å². The summed E-state index contributed by atoms with van der Waals surface area (Å²) in [5, 5.41) is 9.51. The van der Waals surface area contributed by atoms with Crippen molar-refractivity contribution in [1.82, 2.24) is 4.90 Å². The molecule has 0 aliphatic heterocycles. The van der Waals surface area contributed by atoms with Crippen molar-refractivity contribution in [2.24, 2.45) is 0 Å². The summed E-state index contributed by atoms with van der Waals surface area (Å²) in [6, 6.07) is 20.5. The van der Waals surface area contributed by atoms with Crippen LogP contribution >= 0.6 is 0 Å². The van der Waals surface area contributed by atoms with E-state index in [1.807, 2.05) is 60.7 Å². The molecular weight excluding hydrogens is 272 g/mol. The van der Waals surface area contributed by atoms with Crippen molar-refractivity contribution in [2.45, 2.75) is 12.5 Å². The zero-order valence-electron chi connectivity index (χ0n) is 12.4. The molecule has 3 heteroatoms. The molecule has 0 saturated carbocycles. The molecule has 0 fully saturated rings. The third-order valence-corrected chi connectivity index (χ3v) is 3.39. The number of hydrogen-bond acceptors (Lipinski definition) is 2. The zero-order chi connectivity index (χ0) is 15.8. The normalized spacial score (nSPS) is 11.2. The van der Waals surface area contributed by atoms with E-state index in [-0.39, 0.29) is 12.3 Å². The number of hydrogen-bond donors (Lipinski definition) is 0. The standard InChI is InChI=1S/C19H18N2O/c1-2-13-21(18(15-20)17-11-7-4-8-12-17)19(22)14-16-9-5-3-6-10-16/h2-12,18H,1,13-14H2. The number of carbonyl (C=O) groups excluding carboxylic acids is 1. The number of rotatable bonds is 6. The Kier molecular flexibility index (Phi) is 5.50. The first-order valence-electron chi connectivity index (χ1n) is 7.15. The molecule has 0 radical (unpaired) electrons. The van der Waals surface area contributed by atoms with E-state index in [1.165, 1.54) is 0 Å². The molecule has 0 aliphatic rings. The highest BCUT2D eigenvalue weighted by Crippen LogP contribution is 2.21. The SMILES string of the molecule is C=CCN(C(=O)Cc1ccccc1)C(C#N)c1ccccc1. The lowest BCUT2D eigenvalue weighted by atomic mass is 10.0. The van der Waals surface area contributed by atoms with Gasteiger partial charge in [0.2, 0.25) is 5.91 Å². The Morgan fingerprint density at radius 3 is 2.27 bits per heavy atom. The van der Waals surface area contributed by atoms with Crippen LogP contribution in [0.2, 0.25) is 0 Å². The smallest absolute Gasteiger partial charge is 0.228 e. The Hall–Kier alpha value is -2.86. The van der Waals surface area contributed by atoms with Gasteiger partial charge in [0.15, 0.2) is 0 Å². The maximum atomic E-state index is 12.6. The van der Waals surface area contributed by atoms with Crippen LogP contribution in [0.25, 0.3) is 0 Å². The first kappa shape index (κ1) is 15.5. The average molecular weight is 290 g/mol. The predicted octanol–water partition coefficient (Wildman–Crippen LogP) is 3.51. The Balaban J connectivity index is 2.23. The van der Waals surface area contributed by atoms with Gasteiger partial charge in [-0.3, -0.25) is 4.79 Å². The molecular formula is C19H18N2O. The van der Waals surface area contributed by atoms with E-state index in [2.05, 4.69) is 12.6 Å². The van der Waals surface area contributed by atoms with Crippen molar-refractivity contribution < 1.29 is 4.79 Å². The maximum absolute atomic E-state index is 12.6. The minimum atomic E-state index is -0.601. The van der Waals surface area contributed by atoms with Gasteiger partial charge in [-0.2, -0.15) is 5.26 Å². The molecule has 0 heterocycles. The summed E-state index contributed by atoms with van der Waals surface area (Å²) in [6.07, 6.45) is 1.93. The van der Waals surface area contributed by atoms with Crippen LogP contribution in [0, 0.1) is 11.3 Å². The number of amides is 1. The van der Waals surface area contributed by atoms with Gasteiger partial charge in [-0.05, 0) is 11.1 Å². The molecule has 0 aromatic heterocycles. The van der Waals surface area contributed by atoms with Gasteiger partial charge in [0.1, 0.15) is 6.04 Å². The highest BCUT2D eigenvalue weighted by Gasteiger charge is 2.23. The molecule has 2 rings (SSSR count). The summed E-state index contributed by atoms with van der Waals surface area (Å²) in [5.41, 5.74) is 1.75. The molecule has 0 bridgehead atoms. The van der Waals surface area contributed by atoms with Gasteiger partial charge >= 0.3 is 0 Å². The van der Waals surface area contributed by atoms with Crippen molar-refractivity contribution >= 4 is 5.91 Å². The van der Waals surface area contributed by atoms with Crippen LogP contribution in [0.1, 0.15) is 17.2 Å². The lowest BCUT2D eigenvalue weighted by molar-refractivity contribution is -0.131. The van der Waals surface area contributed by atoms with Crippen LogP contribution < -0.4 is 0 Å². The van der Waals surface area contributed by atoms with E-state index in [9.17, 15) is 10.1 Å². The maximum Gasteiger partial charge on any atom is 0.228 e. The summed E-state index contributed by atoms with van der Waals surface area (Å²) in [6.45, 7) is 4.04.